The summed E-state index contributed by atoms with van der Waals surface area (Å²) in [5.41, 5.74) is 0.104. The summed E-state index contributed by atoms with van der Waals surface area (Å²) in [7, 11) is 1.63. The Kier molecular flexibility index (Phi) is 4.83. The van der Waals surface area contributed by atoms with E-state index in [0.717, 1.165) is 18.9 Å². The van der Waals surface area contributed by atoms with Crippen molar-refractivity contribution in [3.8, 4) is 0 Å². The molecular weight excluding hydrogens is 322 g/mol. The Hall–Kier alpha value is -1.93. The molecule has 25 heavy (non-hydrogen) atoms. The van der Waals surface area contributed by atoms with Gasteiger partial charge in [-0.2, -0.15) is 0 Å². The van der Waals surface area contributed by atoms with Crippen molar-refractivity contribution in [1.29, 1.82) is 0 Å². The molecule has 1 aliphatic rings. The van der Waals surface area contributed by atoms with Gasteiger partial charge in [-0.3, -0.25) is 19.2 Å². The van der Waals surface area contributed by atoms with Gasteiger partial charge >= 0.3 is 5.69 Å². The number of aryl methyl sites for hydroxylation is 1. The maximum Gasteiger partial charge on any atom is 0.329 e. The summed E-state index contributed by atoms with van der Waals surface area (Å²) in [5, 5.41) is 0. The average molecular weight is 349 g/mol. The largest absolute Gasteiger partial charge is 0.373 e. The molecule has 0 aromatic carbocycles. The Balaban J connectivity index is 2.07. The first kappa shape index (κ1) is 17.9. The molecule has 0 unspecified atom stereocenters. The van der Waals surface area contributed by atoms with Gasteiger partial charge in [-0.1, -0.05) is 13.8 Å². The van der Waals surface area contributed by atoms with Crippen molar-refractivity contribution in [2.75, 3.05) is 13.1 Å². The van der Waals surface area contributed by atoms with Crippen molar-refractivity contribution < 1.29 is 4.74 Å². The predicted molar refractivity (Wildman–Crippen MR) is 95.7 cm³/mol. The number of hydrogen-bond donors (Lipinski definition) is 1. The van der Waals surface area contributed by atoms with Crippen molar-refractivity contribution >= 4 is 11.2 Å². The number of imidazole rings is 1. The Bertz CT molecular complexity index is 869. The molecule has 2 atom stereocenters. The summed E-state index contributed by atoms with van der Waals surface area (Å²) in [5.74, 6) is 1.17. The molecule has 1 saturated heterocycles. The molecule has 8 nitrogen and oxygen atoms in total. The second-order valence-electron chi connectivity index (χ2n) is 7.47. The first-order valence-corrected chi connectivity index (χ1v) is 8.82. The summed E-state index contributed by atoms with van der Waals surface area (Å²) in [6, 6.07) is 0. The summed E-state index contributed by atoms with van der Waals surface area (Å²) >= 11 is 0. The zero-order valence-corrected chi connectivity index (χ0v) is 15.6. The van der Waals surface area contributed by atoms with E-state index in [0.29, 0.717) is 30.2 Å². The van der Waals surface area contributed by atoms with Crippen LogP contribution in [0.2, 0.25) is 0 Å². The maximum atomic E-state index is 12.4. The molecule has 0 spiro atoms. The zero-order valence-electron chi connectivity index (χ0n) is 15.6. The molecule has 0 radical (unpaired) electrons. The monoisotopic (exact) mass is 349 g/mol. The van der Waals surface area contributed by atoms with Crippen LogP contribution in [-0.2, 0) is 24.9 Å². The zero-order chi connectivity index (χ0) is 18.3. The van der Waals surface area contributed by atoms with Crippen molar-refractivity contribution in [2.45, 2.75) is 53.0 Å². The van der Waals surface area contributed by atoms with Gasteiger partial charge in [0.2, 0.25) is 0 Å². The van der Waals surface area contributed by atoms with Gasteiger partial charge in [0.25, 0.3) is 5.56 Å². The number of aromatic amines is 1. The minimum absolute atomic E-state index is 0.166. The molecule has 2 aromatic heterocycles. The van der Waals surface area contributed by atoms with Gasteiger partial charge in [-0.25, -0.2) is 9.78 Å². The van der Waals surface area contributed by atoms with Crippen molar-refractivity contribution in [3.63, 3.8) is 0 Å². The van der Waals surface area contributed by atoms with Gasteiger partial charge in [0.15, 0.2) is 11.2 Å². The lowest BCUT2D eigenvalue weighted by atomic mass is 10.2. The first-order chi connectivity index (χ1) is 11.8. The van der Waals surface area contributed by atoms with Gasteiger partial charge in [0.1, 0.15) is 5.82 Å². The minimum Gasteiger partial charge on any atom is -0.373 e. The third kappa shape index (κ3) is 3.55. The number of H-pyrrole nitrogens is 1. The summed E-state index contributed by atoms with van der Waals surface area (Å²) in [6.45, 7) is 11.3. The van der Waals surface area contributed by atoms with Crippen molar-refractivity contribution in [3.05, 3.63) is 26.7 Å². The van der Waals surface area contributed by atoms with Crippen molar-refractivity contribution in [1.82, 2.24) is 24.0 Å². The van der Waals surface area contributed by atoms with Gasteiger partial charge in [0.05, 0.1) is 18.8 Å². The van der Waals surface area contributed by atoms with E-state index in [1.54, 1.807) is 7.05 Å². The number of fused-ring (bicyclic) bond motifs is 1. The standard InChI is InChI=1S/C17H27N5O3/c1-10(2)6-22-13(9-21-7-11(3)25-12(4)8-21)18-15-14(22)16(23)19-17(24)20(15)5/h10-12H,6-9H2,1-5H3,(H,19,23,24)/t11-,12-/m0/s1. The minimum atomic E-state index is -0.438. The lowest BCUT2D eigenvalue weighted by Crippen LogP contribution is -2.45. The van der Waals surface area contributed by atoms with Crippen LogP contribution < -0.4 is 11.2 Å². The highest BCUT2D eigenvalue weighted by Gasteiger charge is 2.25. The topological polar surface area (TPSA) is 85.2 Å². The summed E-state index contributed by atoms with van der Waals surface area (Å²) in [4.78, 5) is 33.6. The molecule has 3 rings (SSSR count). The van der Waals surface area contributed by atoms with E-state index < -0.39 is 5.69 Å². The predicted octanol–water partition coefficient (Wildman–Crippen LogP) is 0.689. The molecule has 2 aromatic rings. The third-order valence-electron chi connectivity index (χ3n) is 4.49. The molecule has 138 valence electrons. The Morgan fingerprint density at radius 2 is 1.88 bits per heavy atom. The van der Waals surface area contributed by atoms with Crippen LogP contribution in [-0.4, -0.2) is 49.3 Å². The third-order valence-corrected chi connectivity index (χ3v) is 4.49. The van der Waals surface area contributed by atoms with Gasteiger partial charge < -0.3 is 9.30 Å². The smallest absolute Gasteiger partial charge is 0.329 e. The first-order valence-electron chi connectivity index (χ1n) is 8.82. The van der Waals surface area contributed by atoms with Crippen LogP contribution in [0, 0.1) is 5.92 Å². The van der Waals surface area contributed by atoms with Gasteiger partial charge in [-0.05, 0) is 19.8 Å². The van der Waals surface area contributed by atoms with E-state index in [-0.39, 0.29) is 17.8 Å². The van der Waals surface area contributed by atoms with E-state index in [4.69, 9.17) is 4.74 Å². The van der Waals surface area contributed by atoms with Gasteiger partial charge in [-0.15, -0.1) is 0 Å². The Morgan fingerprint density at radius 3 is 2.48 bits per heavy atom. The molecule has 1 fully saturated rings. The number of aromatic nitrogens is 4. The lowest BCUT2D eigenvalue weighted by Gasteiger charge is -2.35. The number of rotatable bonds is 4. The molecule has 1 aliphatic heterocycles. The number of nitrogens with one attached hydrogen (secondary N) is 1. The van der Waals surface area contributed by atoms with Crippen LogP contribution in [0.5, 0.6) is 0 Å². The van der Waals surface area contributed by atoms with E-state index >= 15 is 0 Å². The van der Waals surface area contributed by atoms with Crippen LogP contribution in [0.15, 0.2) is 9.59 Å². The van der Waals surface area contributed by atoms with Crippen LogP contribution in [0.4, 0.5) is 0 Å². The normalized spacial score (nSPS) is 22.2. The Morgan fingerprint density at radius 1 is 1.24 bits per heavy atom. The van der Waals surface area contributed by atoms with Crippen molar-refractivity contribution in [2.24, 2.45) is 13.0 Å². The number of hydrogen-bond acceptors (Lipinski definition) is 5. The van der Waals surface area contributed by atoms with Crippen LogP contribution in [0.25, 0.3) is 11.2 Å². The van der Waals surface area contributed by atoms with Crippen LogP contribution >= 0.6 is 0 Å². The van der Waals surface area contributed by atoms with E-state index in [1.807, 2.05) is 4.57 Å². The second kappa shape index (κ2) is 6.76. The fourth-order valence-electron chi connectivity index (χ4n) is 3.58. The number of morpholine rings is 1. The molecule has 0 saturated carbocycles. The average Bonchev–Trinajstić information content (AvgIpc) is 2.82. The molecule has 0 aliphatic carbocycles. The molecule has 0 bridgehead atoms. The highest BCUT2D eigenvalue weighted by molar-refractivity contribution is 5.70. The van der Waals surface area contributed by atoms with Crippen LogP contribution in [0.3, 0.4) is 0 Å². The highest BCUT2D eigenvalue weighted by Crippen LogP contribution is 2.18. The molecule has 1 N–H and O–H groups in total. The quantitative estimate of drug-likeness (QED) is 0.878. The fraction of sp³-hybridized carbons (Fsp3) is 0.706. The summed E-state index contributed by atoms with van der Waals surface area (Å²) in [6.07, 6.45) is 0.332. The maximum absolute atomic E-state index is 12.4. The van der Waals surface area contributed by atoms with Crippen LogP contribution in [0.1, 0.15) is 33.5 Å². The molecular formula is C17H27N5O3. The van der Waals surface area contributed by atoms with E-state index in [1.165, 1.54) is 4.57 Å². The number of nitrogens with zero attached hydrogens (tertiary/aromatic N) is 4. The lowest BCUT2D eigenvalue weighted by molar-refractivity contribution is -0.0712. The van der Waals surface area contributed by atoms with Gasteiger partial charge in [0, 0.05) is 26.7 Å². The molecule has 8 heteroatoms. The van der Waals surface area contributed by atoms with E-state index in [2.05, 4.69) is 42.6 Å². The second-order valence-corrected chi connectivity index (χ2v) is 7.47. The summed E-state index contributed by atoms with van der Waals surface area (Å²) < 4.78 is 9.16. The highest BCUT2D eigenvalue weighted by atomic mass is 16.5. The molecule has 3 heterocycles. The Labute approximate surface area is 146 Å². The molecule has 0 amide bonds. The fourth-order valence-corrected chi connectivity index (χ4v) is 3.58. The van der Waals surface area contributed by atoms with E-state index in [9.17, 15) is 9.59 Å². The SMILES string of the molecule is CC(C)Cn1c(CN2C[C@H](C)O[C@@H](C)C2)nc2c1c(=O)[nH]c(=O)n2C. The number of ether oxygens (including phenoxy) is 1.